The van der Waals surface area contributed by atoms with Crippen molar-refractivity contribution in [3.63, 3.8) is 0 Å². The lowest BCUT2D eigenvalue weighted by molar-refractivity contribution is -0.274. The Morgan fingerprint density at radius 2 is 2.06 bits per heavy atom. The van der Waals surface area contributed by atoms with Crippen LogP contribution in [0.25, 0.3) is 0 Å². The number of nitrogens with zero attached hydrogens (tertiary/aromatic N) is 5. The summed E-state index contributed by atoms with van der Waals surface area (Å²) < 4.78 is 44.0. The number of piperidine rings is 1. The molecular formula is C23H24F3N5O2S. The highest BCUT2D eigenvalue weighted by Crippen LogP contribution is 2.52. The Kier molecular flexibility index (Phi) is 6.07. The molecule has 1 aromatic carbocycles. The summed E-state index contributed by atoms with van der Waals surface area (Å²) in [7, 11) is 1.98. The number of benzene rings is 1. The van der Waals surface area contributed by atoms with Crippen molar-refractivity contribution in [2.75, 3.05) is 19.6 Å². The number of imidazole rings is 1. The number of aromatic nitrogens is 3. The molecule has 0 bridgehead atoms. The van der Waals surface area contributed by atoms with E-state index in [2.05, 4.69) is 19.6 Å². The second kappa shape index (κ2) is 9.03. The van der Waals surface area contributed by atoms with Crippen LogP contribution in [-0.4, -0.2) is 56.2 Å². The predicted molar refractivity (Wildman–Crippen MR) is 119 cm³/mol. The number of halogens is 3. The van der Waals surface area contributed by atoms with Crippen LogP contribution in [0.5, 0.6) is 5.75 Å². The second-order valence-electron chi connectivity index (χ2n) is 8.89. The van der Waals surface area contributed by atoms with E-state index in [1.807, 2.05) is 17.8 Å². The molecule has 0 N–H and O–H groups in total. The zero-order valence-electron chi connectivity index (χ0n) is 18.5. The van der Waals surface area contributed by atoms with Gasteiger partial charge in [-0.05, 0) is 35.4 Å². The molecule has 5 rings (SSSR count). The molecule has 2 aliphatic rings. The topological polar surface area (TPSA) is 63.5 Å². The van der Waals surface area contributed by atoms with Crippen molar-refractivity contribution < 1.29 is 22.7 Å². The van der Waals surface area contributed by atoms with Crippen LogP contribution in [0.2, 0.25) is 0 Å². The molecule has 1 aliphatic heterocycles. The number of hydrogen-bond acceptors (Lipinski definition) is 6. The largest absolute Gasteiger partial charge is 0.573 e. The monoisotopic (exact) mass is 491 g/mol. The Morgan fingerprint density at radius 1 is 1.26 bits per heavy atom. The molecule has 1 saturated heterocycles. The number of alkyl halides is 3. The number of fused-ring (bicyclic) bond motifs is 1. The van der Waals surface area contributed by atoms with Crippen LogP contribution in [-0.2, 0) is 20.1 Å². The summed E-state index contributed by atoms with van der Waals surface area (Å²) in [5, 5.41) is 1.70. The van der Waals surface area contributed by atoms with Gasteiger partial charge in [-0.2, -0.15) is 0 Å². The summed E-state index contributed by atoms with van der Waals surface area (Å²) in [6.45, 7) is 3.45. The summed E-state index contributed by atoms with van der Waals surface area (Å²) in [5.74, 6) is 1.91. The number of carbonyl (C=O) groups excluding carboxylic acids is 1. The molecule has 1 saturated carbocycles. The molecule has 2 atom stereocenters. The number of aryl methyl sites for hydroxylation is 1. The Hall–Kier alpha value is -2.92. The molecule has 34 heavy (non-hydrogen) atoms. The van der Waals surface area contributed by atoms with Crippen molar-refractivity contribution >= 4 is 17.2 Å². The van der Waals surface area contributed by atoms with Crippen molar-refractivity contribution in [2.24, 2.45) is 24.8 Å². The van der Waals surface area contributed by atoms with Gasteiger partial charge in [-0.3, -0.25) is 9.69 Å². The normalized spacial score (nSPS) is 21.9. The molecule has 0 radical (unpaired) electrons. The maximum atomic E-state index is 13.2. The van der Waals surface area contributed by atoms with Gasteiger partial charge in [-0.1, -0.05) is 12.1 Å². The number of carbonyl (C=O) groups is 1. The van der Waals surface area contributed by atoms with Gasteiger partial charge >= 0.3 is 6.36 Å². The smallest absolute Gasteiger partial charge is 0.406 e. The molecule has 3 heterocycles. The Morgan fingerprint density at radius 3 is 2.71 bits per heavy atom. The number of amides is 1. The van der Waals surface area contributed by atoms with Gasteiger partial charge in [0.15, 0.2) is 0 Å². The van der Waals surface area contributed by atoms with Gasteiger partial charge in [0.1, 0.15) is 17.3 Å². The van der Waals surface area contributed by atoms with Gasteiger partial charge in [-0.15, -0.1) is 24.5 Å². The van der Waals surface area contributed by atoms with Gasteiger partial charge in [0.05, 0.1) is 12.1 Å². The number of ether oxygens (including phenoxy) is 1. The zero-order chi connectivity index (χ0) is 23.9. The average Bonchev–Trinajstić information content (AvgIpc) is 3.28. The molecule has 2 fully saturated rings. The van der Waals surface area contributed by atoms with Crippen molar-refractivity contribution in [1.82, 2.24) is 24.3 Å². The highest BCUT2D eigenvalue weighted by Gasteiger charge is 2.56. The first-order valence-corrected chi connectivity index (χ1v) is 11.9. The van der Waals surface area contributed by atoms with Crippen LogP contribution < -0.4 is 4.74 Å². The van der Waals surface area contributed by atoms with Gasteiger partial charge in [0, 0.05) is 51.0 Å². The van der Waals surface area contributed by atoms with E-state index >= 15 is 0 Å². The summed E-state index contributed by atoms with van der Waals surface area (Å²) in [6.07, 6.45) is -1.03. The molecule has 2 unspecified atom stereocenters. The predicted octanol–water partition coefficient (Wildman–Crippen LogP) is 3.80. The van der Waals surface area contributed by atoms with Gasteiger partial charge in [0.2, 0.25) is 0 Å². The molecule has 3 aromatic rings. The first-order chi connectivity index (χ1) is 16.3. The van der Waals surface area contributed by atoms with Crippen LogP contribution in [0.4, 0.5) is 13.2 Å². The Bertz CT molecular complexity index is 1140. The minimum Gasteiger partial charge on any atom is -0.406 e. The summed E-state index contributed by atoms with van der Waals surface area (Å²) in [6, 6.07) is 5.79. The third kappa shape index (κ3) is 5.10. The lowest BCUT2D eigenvalue weighted by Crippen LogP contribution is -2.35. The van der Waals surface area contributed by atoms with Crippen LogP contribution in [0, 0.1) is 17.8 Å². The summed E-state index contributed by atoms with van der Waals surface area (Å²) >= 11 is 1.34. The fourth-order valence-corrected chi connectivity index (χ4v) is 5.43. The van der Waals surface area contributed by atoms with E-state index in [4.69, 9.17) is 0 Å². The SMILES string of the molecule is Cn1ccnc1CN1CC2C(C1)C2CN(Cc1cccc(OC(F)(F)F)c1)C(=O)c1cscn1. The number of rotatable bonds is 8. The van der Waals surface area contributed by atoms with Gasteiger partial charge in [-0.25, -0.2) is 9.97 Å². The van der Waals surface area contributed by atoms with Crippen molar-refractivity contribution in [2.45, 2.75) is 19.5 Å². The van der Waals surface area contributed by atoms with E-state index in [9.17, 15) is 18.0 Å². The van der Waals surface area contributed by atoms with E-state index < -0.39 is 6.36 Å². The highest BCUT2D eigenvalue weighted by molar-refractivity contribution is 7.07. The second-order valence-corrected chi connectivity index (χ2v) is 9.61. The standard InChI is InChI=1S/C23H24F3N5O2S/c1-29-6-5-27-21(29)12-30-9-17-18(10-30)19(17)11-31(22(32)20-13-34-14-28-20)8-15-3-2-4-16(7-15)33-23(24,25)26/h2-7,13-14,17-19H,8-12H2,1H3. The van der Waals surface area contributed by atoms with E-state index in [1.165, 1.54) is 29.5 Å². The van der Waals surface area contributed by atoms with Crippen molar-refractivity contribution in [3.8, 4) is 5.75 Å². The maximum Gasteiger partial charge on any atom is 0.573 e. The molecule has 1 aliphatic carbocycles. The third-order valence-electron chi connectivity index (χ3n) is 6.61. The van der Waals surface area contributed by atoms with Crippen molar-refractivity contribution in [3.05, 3.63) is 64.6 Å². The van der Waals surface area contributed by atoms with Crippen LogP contribution in [0.1, 0.15) is 21.9 Å². The van der Waals surface area contributed by atoms with E-state index in [-0.39, 0.29) is 18.2 Å². The first kappa shape index (κ1) is 22.9. The summed E-state index contributed by atoms with van der Waals surface area (Å²) in [4.78, 5) is 25.8. The third-order valence-corrected chi connectivity index (χ3v) is 7.19. The zero-order valence-corrected chi connectivity index (χ0v) is 19.3. The van der Waals surface area contributed by atoms with Crippen LogP contribution in [0.3, 0.4) is 0 Å². The van der Waals surface area contributed by atoms with E-state index in [1.54, 1.807) is 28.1 Å². The molecule has 2 aromatic heterocycles. The maximum absolute atomic E-state index is 13.2. The quantitative estimate of drug-likeness (QED) is 0.480. The van der Waals surface area contributed by atoms with E-state index in [0.29, 0.717) is 35.6 Å². The minimum absolute atomic E-state index is 0.193. The average molecular weight is 492 g/mol. The molecule has 180 valence electrons. The van der Waals surface area contributed by atoms with Crippen LogP contribution >= 0.6 is 11.3 Å². The molecule has 0 spiro atoms. The number of thiazole rings is 1. The number of hydrogen-bond donors (Lipinski definition) is 0. The lowest BCUT2D eigenvalue weighted by Gasteiger charge is -2.25. The summed E-state index contributed by atoms with van der Waals surface area (Å²) in [5.41, 5.74) is 2.53. The molecule has 11 heteroatoms. The Labute approximate surface area is 198 Å². The molecule has 7 nitrogen and oxygen atoms in total. The number of likely N-dealkylation sites (tertiary alicyclic amines) is 1. The Balaban J connectivity index is 1.25. The van der Waals surface area contributed by atoms with Gasteiger partial charge < -0.3 is 14.2 Å². The van der Waals surface area contributed by atoms with Crippen molar-refractivity contribution in [1.29, 1.82) is 0 Å². The minimum atomic E-state index is -4.76. The van der Waals surface area contributed by atoms with E-state index in [0.717, 1.165) is 25.5 Å². The fraction of sp³-hybridized carbons (Fsp3) is 0.435. The molecule has 1 amide bonds. The van der Waals surface area contributed by atoms with Crippen LogP contribution in [0.15, 0.2) is 47.5 Å². The molecular weight excluding hydrogens is 467 g/mol. The highest BCUT2D eigenvalue weighted by atomic mass is 32.1. The first-order valence-electron chi connectivity index (χ1n) is 11.0. The fourth-order valence-electron chi connectivity index (χ4n) is 4.90. The lowest BCUT2D eigenvalue weighted by atomic mass is 10.1. The van der Waals surface area contributed by atoms with Gasteiger partial charge in [0.25, 0.3) is 5.91 Å².